The number of nitrogens with zero attached hydrogens (tertiary/aromatic N) is 4. The molecule has 0 atom stereocenters. The van der Waals surface area contributed by atoms with Crippen molar-refractivity contribution in [1.82, 2.24) is 25.1 Å². The van der Waals surface area contributed by atoms with E-state index in [2.05, 4.69) is 58.2 Å². The Morgan fingerprint density at radius 3 is 2.44 bits per heavy atom. The predicted octanol–water partition coefficient (Wildman–Crippen LogP) is 1.44. The van der Waals surface area contributed by atoms with Crippen LogP contribution in [-0.4, -0.2) is 45.9 Å². The van der Waals surface area contributed by atoms with Crippen molar-refractivity contribution >= 4 is 17.0 Å². The van der Waals surface area contributed by atoms with Gasteiger partial charge in [0.2, 0.25) is 5.95 Å². The molecule has 25 heavy (non-hydrogen) atoms. The van der Waals surface area contributed by atoms with Gasteiger partial charge >= 0.3 is 0 Å². The molecule has 3 heterocycles. The Bertz CT molecular complexity index is 973. The molecular formula is C18H22N6O. The number of benzene rings is 1. The molecule has 0 radical (unpaired) electrons. The number of aromatic amines is 1. The van der Waals surface area contributed by atoms with Gasteiger partial charge < -0.3 is 10.2 Å². The summed E-state index contributed by atoms with van der Waals surface area (Å²) in [4.78, 5) is 22.1. The number of aromatic nitrogens is 4. The first kappa shape index (κ1) is 15.8. The van der Waals surface area contributed by atoms with E-state index < -0.39 is 0 Å². The molecule has 0 amide bonds. The Balaban J connectivity index is 1.83. The summed E-state index contributed by atoms with van der Waals surface area (Å²) in [6, 6.07) is 4.25. The lowest BCUT2D eigenvalue weighted by molar-refractivity contribution is 0.580. The monoisotopic (exact) mass is 338 g/mol. The second-order valence-electron chi connectivity index (χ2n) is 6.68. The van der Waals surface area contributed by atoms with Gasteiger partial charge in [0.1, 0.15) is 5.39 Å². The summed E-state index contributed by atoms with van der Waals surface area (Å²) in [6.45, 7) is 9.62. The Hall–Kier alpha value is -2.67. The maximum atomic E-state index is 12.5. The van der Waals surface area contributed by atoms with Crippen molar-refractivity contribution in [2.75, 3.05) is 31.1 Å². The summed E-state index contributed by atoms with van der Waals surface area (Å²) < 4.78 is 1.78. The summed E-state index contributed by atoms with van der Waals surface area (Å²) in [5, 5.41) is 8.40. The molecule has 3 aromatic rings. The van der Waals surface area contributed by atoms with Gasteiger partial charge in [-0.25, -0.2) is 4.68 Å². The summed E-state index contributed by atoms with van der Waals surface area (Å²) >= 11 is 0. The number of piperazine rings is 1. The topological polar surface area (TPSA) is 78.8 Å². The van der Waals surface area contributed by atoms with Crippen LogP contribution in [0.15, 0.2) is 23.1 Å². The van der Waals surface area contributed by atoms with E-state index in [0.29, 0.717) is 17.0 Å². The van der Waals surface area contributed by atoms with Crippen LogP contribution in [0.4, 0.5) is 5.95 Å². The summed E-state index contributed by atoms with van der Waals surface area (Å²) in [5.74, 6) is 0.599. The van der Waals surface area contributed by atoms with E-state index in [1.165, 1.54) is 5.56 Å². The predicted molar refractivity (Wildman–Crippen MR) is 98.8 cm³/mol. The van der Waals surface area contributed by atoms with Gasteiger partial charge in [-0.1, -0.05) is 17.7 Å². The van der Waals surface area contributed by atoms with Gasteiger partial charge in [0.15, 0.2) is 5.65 Å². The Kier molecular flexibility index (Phi) is 3.80. The molecule has 1 aliphatic heterocycles. The number of hydrogen-bond donors (Lipinski definition) is 2. The Labute approximate surface area is 145 Å². The molecule has 0 spiro atoms. The highest BCUT2D eigenvalue weighted by atomic mass is 16.1. The molecule has 2 N–H and O–H groups in total. The van der Waals surface area contributed by atoms with Gasteiger partial charge in [0, 0.05) is 32.4 Å². The molecule has 2 aromatic heterocycles. The first-order valence-electron chi connectivity index (χ1n) is 8.56. The van der Waals surface area contributed by atoms with E-state index in [1.54, 1.807) is 10.9 Å². The van der Waals surface area contributed by atoms with Crippen molar-refractivity contribution < 1.29 is 0 Å². The molecule has 130 valence electrons. The lowest BCUT2D eigenvalue weighted by Gasteiger charge is -2.27. The highest BCUT2D eigenvalue weighted by Gasteiger charge is 2.17. The zero-order valence-electron chi connectivity index (χ0n) is 14.8. The summed E-state index contributed by atoms with van der Waals surface area (Å²) in [7, 11) is 0. The van der Waals surface area contributed by atoms with Crippen LogP contribution in [0.5, 0.6) is 0 Å². The van der Waals surface area contributed by atoms with Gasteiger partial charge in [0.25, 0.3) is 5.56 Å². The van der Waals surface area contributed by atoms with Crippen LogP contribution in [0.2, 0.25) is 0 Å². The Morgan fingerprint density at radius 2 is 1.76 bits per heavy atom. The van der Waals surface area contributed by atoms with E-state index in [-0.39, 0.29) is 5.56 Å². The third kappa shape index (κ3) is 2.80. The fourth-order valence-corrected chi connectivity index (χ4v) is 3.58. The van der Waals surface area contributed by atoms with Crippen molar-refractivity contribution in [3.05, 3.63) is 45.4 Å². The van der Waals surface area contributed by atoms with E-state index >= 15 is 0 Å². The number of nitrogens with one attached hydrogen (secondary N) is 2. The standard InChI is InChI=1S/C18H22N6O/c1-11-8-12(2)15(13(3)9-11)24-10-14-16(22-24)20-18(21-17(14)25)23-6-4-19-5-7-23/h8-10,19H,4-7H2,1-3H3,(H,20,21,22,25). The average molecular weight is 338 g/mol. The highest BCUT2D eigenvalue weighted by Crippen LogP contribution is 2.22. The molecule has 0 unspecified atom stereocenters. The second kappa shape index (κ2) is 6.00. The van der Waals surface area contributed by atoms with Gasteiger partial charge in [-0.15, -0.1) is 5.10 Å². The second-order valence-corrected chi connectivity index (χ2v) is 6.68. The number of anilines is 1. The SMILES string of the molecule is Cc1cc(C)c(-n2cc3c(=O)[nH]c(N4CCNCC4)nc3n2)c(C)c1. The van der Waals surface area contributed by atoms with Gasteiger partial charge in [-0.3, -0.25) is 9.78 Å². The van der Waals surface area contributed by atoms with Gasteiger partial charge in [-0.2, -0.15) is 4.98 Å². The molecule has 0 aliphatic carbocycles. The minimum absolute atomic E-state index is 0.146. The van der Waals surface area contributed by atoms with E-state index in [1.807, 2.05) is 0 Å². The summed E-state index contributed by atoms with van der Waals surface area (Å²) in [5.41, 5.74) is 4.82. The van der Waals surface area contributed by atoms with Crippen LogP contribution in [-0.2, 0) is 0 Å². The van der Waals surface area contributed by atoms with Crippen LogP contribution < -0.4 is 15.8 Å². The van der Waals surface area contributed by atoms with Crippen molar-refractivity contribution in [3.63, 3.8) is 0 Å². The van der Waals surface area contributed by atoms with Crippen LogP contribution in [0.3, 0.4) is 0 Å². The van der Waals surface area contributed by atoms with Crippen LogP contribution >= 0.6 is 0 Å². The van der Waals surface area contributed by atoms with Crippen LogP contribution in [0.1, 0.15) is 16.7 Å². The maximum absolute atomic E-state index is 12.5. The van der Waals surface area contributed by atoms with Gasteiger partial charge in [-0.05, 0) is 31.9 Å². The average Bonchev–Trinajstić information content (AvgIpc) is 2.99. The lowest BCUT2D eigenvalue weighted by atomic mass is 10.1. The fraction of sp³-hybridized carbons (Fsp3) is 0.389. The number of fused-ring (bicyclic) bond motifs is 1. The number of H-pyrrole nitrogens is 1. The molecule has 7 nitrogen and oxygen atoms in total. The fourth-order valence-electron chi connectivity index (χ4n) is 3.58. The molecule has 0 bridgehead atoms. The molecule has 7 heteroatoms. The molecule has 1 aromatic carbocycles. The van der Waals surface area contributed by atoms with Gasteiger partial charge in [0.05, 0.1) is 5.69 Å². The largest absolute Gasteiger partial charge is 0.340 e. The van der Waals surface area contributed by atoms with Crippen LogP contribution in [0, 0.1) is 20.8 Å². The van der Waals surface area contributed by atoms with Crippen LogP contribution in [0.25, 0.3) is 16.7 Å². The minimum atomic E-state index is -0.146. The third-order valence-corrected chi connectivity index (χ3v) is 4.66. The lowest BCUT2D eigenvalue weighted by Crippen LogP contribution is -2.44. The quantitative estimate of drug-likeness (QED) is 0.739. The first-order valence-corrected chi connectivity index (χ1v) is 8.56. The molecule has 1 fully saturated rings. The summed E-state index contributed by atoms with van der Waals surface area (Å²) in [6.07, 6.45) is 1.77. The van der Waals surface area contributed by atoms with E-state index in [4.69, 9.17) is 0 Å². The number of rotatable bonds is 2. The number of hydrogen-bond acceptors (Lipinski definition) is 5. The molecular weight excluding hydrogens is 316 g/mol. The van der Waals surface area contributed by atoms with E-state index in [0.717, 1.165) is 43.0 Å². The highest BCUT2D eigenvalue weighted by molar-refractivity contribution is 5.75. The molecule has 1 saturated heterocycles. The molecule has 0 saturated carbocycles. The molecule has 1 aliphatic rings. The molecule has 4 rings (SSSR count). The van der Waals surface area contributed by atoms with Crippen molar-refractivity contribution in [1.29, 1.82) is 0 Å². The Morgan fingerprint density at radius 1 is 1.08 bits per heavy atom. The maximum Gasteiger partial charge on any atom is 0.263 e. The van der Waals surface area contributed by atoms with E-state index in [9.17, 15) is 4.79 Å². The smallest absolute Gasteiger partial charge is 0.263 e. The van der Waals surface area contributed by atoms with Crippen molar-refractivity contribution in [2.45, 2.75) is 20.8 Å². The zero-order valence-corrected chi connectivity index (χ0v) is 14.8. The van der Waals surface area contributed by atoms with Crippen molar-refractivity contribution in [2.24, 2.45) is 0 Å². The zero-order chi connectivity index (χ0) is 17.6. The third-order valence-electron chi connectivity index (χ3n) is 4.66. The minimum Gasteiger partial charge on any atom is -0.340 e. The normalized spacial score (nSPS) is 15.1. The number of aryl methyl sites for hydroxylation is 3. The first-order chi connectivity index (χ1) is 12.0. The van der Waals surface area contributed by atoms with Crippen molar-refractivity contribution in [3.8, 4) is 5.69 Å².